The van der Waals surface area contributed by atoms with Crippen LogP contribution in [0.2, 0.25) is 0 Å². The molecule has 32 heavy (non-hydrogen) atoms. The maximum absolute atomic E-state index is 13.2. The summed E-state index contributed by atoms with van der Waals surface area (Å²) in [6.07, 6.45) is 13.2. The zero-order valence-corrected chi connectivity index (χ0v) is 19.3. The number of fused-ring (bicyclic) bond motifs is 1. The first-order chi connectivity index (χ1) is 15.4. The van der Waals surface area contributed by atoms with Crippen molar-refractivity contribution in [3.63, 3.8) is 0 Å². The molecule has 0 radical (unpaired) electrons. The Labute approximate surface area is 189 Å². The zero-order valence-electron chi connectivity index (χ0n) is 19.3. The Balaban J connectivity index is 1.41. The van der Waals surface area contributed by atoms with Crippen LogP contribution in [-0.2, 0) is 11.3 Å². The molecule has 1 aliphatic heterocycles. The van der Waals surface area contributed by atoms with Crippen LogP contribution in [0.25, 0.3) is 0 Å². The molecule has 1 fully saturated rings. The highest BCUT2D eigenvalue weighted by molar-refractivity contribution is 6.01. The molecule has 1 saturated carbocycles. The van der Waals surface area contributed by atoms with Crippen molar-refractivity contribution >= 4 is 17.7 Å². The van der Waals surface area contributed by atoms with E-state index < -0.39 is 5.54 Å². The van der Waals surface area contributed by atoms with Crippen molar-refractivity contribution in [2.75, 3.05) is 13.6 Å². The summed E-state index contributed by atoms with van der Waals surface area (Å²) in [5.74, 6) is -0.739. The molecule has 1 aromatic rings. The number of nitrogens with one attached hydrogen (secondary N) is 2. The average molecular weight is 442 g/mol. The molecule has 1 aromatic heterocycles. The number of hydrogen-bond acceptors (Lipinski definition) is 4. The molecular formula is C24H35N5O3. The van der Waals surface area contributed by atoms with E-state index in [9.17, 15) is 14.4 Å². The number of aromatic nitrogens is 2. The molecule has 0 unspecified atom stereocenters. The monoisotopic (exact) mass is 441 g/mol. The molecule has 0 aromatic carbocycles. The molecule has 0 bridgehead atoms. The number of amides is 3. The van der Waals surface area contributed by atoms with E-state index in [0.717, 1.165) is 44.9 Å². The highest BCUT2D eigenvalue weighted by Gasteiger charge is 2.46. The van der Waals surface area contributed by atoms with Crippen LogP contribution in [0.1, 0.15) is 92.1 Å². The summed E-state index contributed by atoms with van der Waals surface area (Å²) >= 11 is 0. The van der Waals surface area contributed by atoms with Crippen LogP contribution in [0.4, 0.5) is 0 Å². The Hall–Kier alpha value is -2.64. The van der Waals surface area contributed by atoms with Gasteiger partial charge in [-0.1, -0.05) is 30.9 Å². The second-order valence-corrected chi connectivity index (χ2v) is 9.63. The Bertz CT molecular complexity index is 915. The molecule has 8 nitrogen and oxygen atoms in total. The fourth-order valence-electron chi connectivity index (χ4n) is 4.98. The van der Waals surface area contributed by atoms with Gasteiger partial charge in [0.2, 0.25) is 5.91 Å². The largest absolute Gasteiger partial charge is 0.351 e. The van der Waals surface area contributed by atoms with Crippen molar-refractivity contribution < 1.29 is 14.4 Å². The number of hydrogen-bond donors (Lipinski definition) is 2. The van der Waals surface area contributed by atoms with Gasteiger partial charge in [0, 0.05) is 25.7 Å². The minimum atomic E-state index is -1.05. The molecule has 3 aliphatic rings. The van der Waals surface area contributed by atoms with Gasteiger partial charge in [0.05, 0.1) is 6.54 Å². The first-order valence-electron chi connectivity index (χ1n) is 12.0. The lowest BCUT2D eigenvalue weighted by Gasteiger charge is -2.41. The number of likely N-dealkylation sites (N-methyl/N-ethyl adjacent to an activating group) is 1. The third kappa shape index (κ3) is 4.59. The van der Waals surface area contributed by atoms with Crippen molar-refractivity contribution in [3.05, 3.63) is 29.1 Å². The molecule has 3 amide bonds. The van der Waals surface area contributed by atoms with E-state index in [2.05, 4.69) is 21.8 Å². The predicted molar refractivity (Wildman–Crippen MR) is 121 cm³/mol. The second-order valence-electron chi connectivity index (χ2n) is 9.63. The maximum atomic E-state index is 13.2. The van der Waals surface area contributed by atoms with E-state index in [0.29, 0.717) is 12.2 Å². The van der Waals surface area contributed by atoms with Crippen molar-refractivity contribution in [2.45, 2.75) is 89.3 Å². The lowest BCUT2D eigenvalue weighted by molar-refractivity contribution is -0.133. The van der Waals surface area contributed by atoms with E-state index >= 15 is 0 Å². The topological polar surface area (TPSA) is 96.3 Å². The predicted octanol–water partition coefficient (Wildman–Crippen LogP) is 2.80. The molecule has 0 saturated heterocycles. The fraction of sp³-hybridized carbons (Fsp3) is 0.667. The standard InChI is InChI=1S/C24H35N5O3/c1-24(23(32)26-18-11-7-4-8-12-18)16-29-20(22(31)28(24)2)15-19(27-29)21(30)25-14-13-17-9-5-3-6-10-17/h9,15,18H,3-8,10-14,16H2,1-2H3,(H,25,30)(H,26,32)/t24-/m1/s1. The molecule has 2 heterocycles. The lowest BCUT2D eigenvalue weighted by atomic mass is 9.92. The van der Waals surface area contributed by atoms with E-state index in [1.807, 2.05) is 0 Å². The number of carbonyl (C=O) groups is 3. The van der Waals surface area contributed by atoms with Gasteiger partial charge in [0.15, 0.2) is 5.69 Å². The molecule has 1 atom stereocenters. The average Bonchev–Trinajstić information content (AvgIpc) is 3.23. The van der Waals surface area contributed by atoms with Crippen LogP contribution in [0.15, 0.2) is 17.7 Å². The smallest absolute Gasteiger partial charge is 0.272 e. The van der Waals surface area contributed by atoms with Crippen molar-refractivity contribution in [3.8, 4) is 0 Å². The molecule has 2 N–H and O–H groups in total. The van der Waals surface area contributed by atoms with Crippen molar-refractivity contribution in [1.82, 2.24) is 25.3 Å². The summed E-state index contributed by atoms with van der Waals surface area (Å²) in [6.45, 7) is 2.55. The molecule has 4 rings (SSSR count). The molecule has 2 aliphatic carbocycles. The third-order valence-corrected chi connectivity index (χ3v) is 7.28. The van der Waals surface area contributed by atoms with Gasteiger partial charge in [-0.05, 0) is 51.9 Å². The van der Waals surface area contributed by atoms with Gasteiger partial charge in [-0.3, -0.25) is 19.1 Å². The SMILES string of the molecule is CN1C(=O)c2cc(C(=O)NCCC3=CCCCC3)nn2C[C@]1(C)C(=O)NC1CCCCC1. The Morgan fingerprint density at radius 1 is 1.19 bits per heavy atom. The summed E-state index contributed by atoms with van der Waals surface area (Å²) in [5.41, 5.74) is 0.915. The molecule has 8 heteroatoms. The van der Waals surface area contributed by atoms with E-state index in [1.54, 1.807) is 14.0 Å². The lowest BCUT2D eigenvalue weighted by Crippen LogP contribution is -2.63. The van der Waals surface area contributed by atoms with Crippen LogP contribution < -0.4 is 10.6 Å². The van der Waals surface area contributed by atoms with Gasteiger partial charge in [-0.25, -0.2) is 0 Å². The first-order valence-corrected chi connectivity index (χ1v) is 12.0. The van der Waals surface area contributed by atoms with Gasteiger partial charge in [0.1, 0.15) is 11.2 Å². The first kappa shape index (κ1) is 22.6. The Kier molecular flexibility index (Phi) is 6.67. The maximum Gasteiger partial charge on any atom is 0.272 e. The highest BCUT2D eigenvalue weighted by atomic mass is 16.2. The Morgan fingerprint density at radius 2 is 1.97 bits per heavy atom. The summed E-state index contributed by atoms with van der Waals surface area (Å²) in [4.78, 5) is 40.3. The molecule has 0 spiro atoms. The van der Waals surface area contributed by atoms with Crippen LogP contribution in [0.5, 0.6) is 0 Å². The Morgan fingerprint density at radius 3 is 2.69 bits per heavy atom. The number of allylic oxidation sites excluding steroid dienone is 1. The number of rotatable bonds is 6. The van der Waals surface area contributed by atoms with Crippen molar-refractivity contribution in [2.24, 2.45) is 0 Å². The zero-order chi connectivity index (χ0) is 22.7. The van der Waals surface area contributed by atoms with Gasteiger partial charge < -0.3 is 15.5 Å². The number of carbonyl (C=O) groups excluding carboxylic acids is 3. The third-order valence-electron chi connectivity index (χ3n) is 7.28. The van der Waals surface area contributed by atoms with E-state index in [4.69, 9.17) is 0 Å². The van der Waals surface area contributed by atoms with Crippen LogP contribution in [0.3, 0.4) is 0 Å². The van der Waals surface area contributed by atoms with Gasteiger partial charge in [-0.2, -0.15) is 5.10 Å². The minimum Gasteiger partial charge on any atom is -0.351 e. The van der Waals surface area contributed by atoms with Crippen LogP contribution in [0, 0.1) is 0 Å². The highest BCUT2D eigenvalue weighted by Crippen LogP contribution is 2.27. The van der Waals surface area contributed by atoms with Gasteiger partial charge >= 0.3 is 0 Å². The quantitative estimate of drug-likeness (QED) is 0.664. The normalized spacial score (nSPS) is 24.0. The minimum absolute atomic E-state index is 0.159. The van der Waals surface area contributed by atoms with Gasteiger partial charge in [0.25, 0.3) is 11.8 Å². The van der Waals surface area contributed by atoms with E-state index in [-0.39, 0.29) is 36.0 Å². The summed E-state index contributed by atoms with van der Waals surface area (Å²) in [5, 5.41) is 10.4. The van der Waals surface area contributed by atoms with Gasteiger partial charge in [-0.15, -0.1) is 0 Å². The summed E-state index contributed by atoms with van der Waals surface area (Å²) in [6, 6.07) is 1.70. The van der Waals surface area contributed by atoms with E-state index in [1.165, 1.54) is 40.5 Å². The molecular weight excluding hydrogens is 406 g/mol. The van der Waals surface area contributed by atoms with Crippen molar-refractivity contribution in [1.29, 1.82) is 0 Å². The van der Waals surface area contributed by atoms with Crippen LogP contribution >= 0.6 is 0 Å². The molecule has 174 valence electrons. The summed E-state index contributed by atoms with van der Waals surface area (Å²) < 4.78 is 1.52. The summed E-state index contributed by atoms with van der Waals surface area (Å²) in [7, 11) is 1.65. The second kappa shape index (κ2) is 9.46. The van der Waals surface area contributed by atoms with Crippen LogP contribution in [-0.4, -0.2) is 57.6 Å². The number of nitrogens with zero attached hydrogens (tertiary/aromatic N) is 3. The fourth-order valence-corrected chi connectivity index (χ4v) is 4.98.